The summed E-state index contributed by atoms with van der Waals surface area (Å²) in [5, 5.41) is 10.1. The Morgan fingerprint density at radius 2 is 1.83 bits per heavy atom. The lowest BCUT2D eigenvalue weighted by atomic mass is 9.35. The van der Waals surface area contributed by atoms with Gasteiger partial charge in [0.05, 0.1) is 5.41 Å². The summed E-state index contributed by atoms with van der Waals surface area (Å²) in [6, 6.07) is 0. The highest BCUT2D eigenvalue weighted by Crippen LogP contribution is 2.75. The number of rotatable bonds is 1. The molecule has 3 nitrogen and oxygen atoms in total. The summed E-state index contributed by atoms with van der Waals surface area (Å²) < 4.78 is 0. The molecule has 1 N–H and O–H groups in total. The molecular weight excluding hydrogens is 300 g/mol. The number of aliphatic carboxylic acids is 1. The first kappa shape index (κ1) is 16.4. The van der Waals surface area contributed by atoms with Crippen molar-refractivity contribution in [3.8, 4) is 0 Å². The van der Waals surface area contributed by atoms with E-state index < -0.39 is 11.4 Å². The van der Waals surface area contributed by atoms with Crippen molar-refractivity contribution < 1.29 is 14.7 Å². The quantitative estimate of drug-likeness (QED) is 0.714. The normalized spacial score (nSPS) is 53.5. The highest BCUT2D eigenvalue weighted by atomic mass is 16.4. The van der Waals surface area contributed by atoms with Gasteiger partial charge in [-0.25, -0.2) is 0 Å². The number of fused-ring (bicyclic) bond motifs is 3. The van der Waals surface area contributed by atoms with E-state index in [1.54, 1.807) is 0 Å². The van der Waals surface area contributed by atoms with E-state index in [-0.39, 0.29) is 16.2 Å². The molecular formula is C21H30O3. The van der Waals surface area contributed by atoms with Crippen LogP contribution in [0.1, 0.15) is 72.1 Å². The third-order valence-corrected chi connectivity index (χ3v) is 9.48. The van der Waals surface area contributed by atoms with Crippen molar-refractivity contribution >= 4 is 11.8 Å². The van der Waals surface area contributed by atoms with Crippen molar-refractivity contribution in [3.63, 3.8) is 0 Å². The molecule has 4 fully saturated rings. The van der Waals surface area contributed by atoms with Crippen LogP contribution in [-0.2, 0) is 9.59 Å². The monoisotopic (exact) mass is 330 g/mol. The number of allylic oxidation sites excluding steroid dienone is 1. The van der Waals surface area contributed by atoms with Gasteiger partial charge in [-0.1, -0.05) is 26.8 Å². The molecule has 2 bridgehead atoms. The average Bonchev–Trinajstić information content (AvgIpc) is 2.71. The van der Waals surface area contributed by atoms with Gasteiger partial charge in [0.25, 0.3) is 0 Å². The molecule has 0 aliphatic heterocycles. The standard InChI is InChI=1S/C21H30O3/c1-13-14-6-7-15-18(2)8-5-9-19(3,17(23)24)20(18,4)10-11-21(15,12-14)16(13)22/h14-15H,1,5-12H2,2-4H3,(H,23,24)/t14-,15+,18+,19+,20+,21-/m1/s1. The van der Waals surface area contributed by atoms with Gasteiger partial charge in [0, 0.05) is 5.41 Å². The molecule has 4 rings (SSSR count). The Morgan fingerprint density at radius 1 is 1.12 bits per heavy atom. The maximum atomic E-state index is 13.1. The van der Waals surface area contributed by atoms with Gasteiger partial charge < -0.3 is 5.11 Å². The van der Waals surface area contributed by atoms with Crippen LogP contribution >= 0.6 is 0 Å². The fourth-order valence-electron chi connectivity index (χ4n) is 7.63. The van der Waals surface area contributed by atoms with Gasteiger partial charge in [-0.05, 0) is 80.1 Å². The molecule has 0 aromatic heterocycles. The molecule has 1 spiro atoms. The van der Waals surface area contributed by atoms with Gasteiger partial charge in [-0.2, -0.15) is 0 Å². The van der Waals surface area contributed by atoms with Crippen molar-refractivity contribution in [2.24, 2.45) is 33.5 Å². The van der Waals surface area contributed by atoms with E-state index in [9.17, 15) is 14.7 Å². The molecule has 3 heteroatoms. The second-order valence-corrected chi connectivity index (χ2v) is 9.78. The fraction of sp³-hybridized carbons (Fsp3) is 0.810. The maximum absolute atomic E-state index is 13.1. The average molecular weight is 330 g/mol. The van der Waals surface area contributed by atoms with Crippen LogP contribution in [0.4, 0.5) is 0 Å². The minimum absolute atomic E-state index is 0.0676. The Morgan fingerprint density at radius 3 is 2.50 bits per heavy atom. The van der Waals surface area contributed by atoms with Gasteiger partial charge >= 0.3 is 5.97 Å². The summed E-state index contributed by atoms with van der Waals surface area (Å²) >= 11 is 0. The van der Waals surface area contributed by atoms with Gasteiger partial charge in [0.15, 0.2) is 5.78 Å². The molecule has 0 unspecified atom stereocenters. The van der Waals surface area contributed by atoms with Crippen molar-refractivity contribution in [2.75, 3.05) is 0 Å². The molecule has 132 valence electrons. The lowest BCUT2D eigenvalue weighted by Crippen LogP contribution is -2.65. The van der Waals surface area contributed by atoms with Gasteiger partial charge in [0.1, 0.15) is 0 Å². The topological polar surface area (TPSA) is 54.4 Å². The molecule has 4 aliphatic rings. The molecule has 0 amide bonds. The smallest absolute Gasteiger partial charge is 0.309 e. The largest absolute Gasteiger partial charge is 0.481 e. The molecule has 6 atom stereocenters. The number of carboxylic acid groups (broad SMARTS) is 1. The van der Waals surface area contributed by atoms with Crippen molar-refractivity contribution in [1.29, 1.82) is 0 Å². The zero-order chi connectivity index (χ0) is 17.5. The van der Waals surface area contributed by atoms with Crippen LogP contribution in [0.25, 0.3) is 0 Å². The van der Waals surface area contributed by atoms with E-state index in [0.29, 0.717) is 17.6 Å². The maximum Gasteiger partial charge on any atom is 0.309 e. The molecule has 4 saturated carbocycles. The van der Waals surface area contributed by atoms with Crippen molar-refractivity contribution in [2.45, 2.75) is 72.1 Å². The van der Waals surface area contributed by atoms with E-state index in [1.165, 1.54) is 0 Å². The minimum atomic E-state index is -0.683. The van der Waals surface area contributed by atoms with Crippen molar-refractivity contribution in [3.05, 3.63) is 12.2 Å². The minimum Gasteiger partial charge on any atom is -0.481 e. The molecule has 24 heavy (non-hydrogen) atoms. The zero-order valence-electron chi connectivity index (χ0n) is 15.3. The van der Waals surface area contributed by atoms with Crippen LogP contribution in [0.15, 0.2) is 12.2 Å². The van der Waals surface area contributed by atoms with E-state index in [1.807, 2.05) is 6.92 Å². The summed E-state index contributed by atoms with van der Waals surface area (Å²) in [5.41, 5.74) is -0.359. The van der Waals surface area contributed by atoms with Crippen LogP contribution in [0.3, 0.4) is 0 Å². The lowest BCUT2D eigenvalue weighted by molar-refractivity contribution is -0.216. The first-order valence-corrected chi connectivity index (χ1v) is 9.59. The predicted molar refractivity (Wildman–Crippen MR) is 92.5 cm³/mol. The van der Waals surface area contributed by atoms with Crippen LogP contribution < -0.4 is 0 Å². The SMILES string of the molecule is C=C1C(=O)[C@@]23CC[C@]4(C)[C@](C)(C(=O)O)CCC[C@@]4(C)[C@@H]2CC[C@@H]1C3. The Kier molecular flexibility index (Phi) is 3.09. The van der Waals surface area contributed by atoms with E-state index >= 15 is 0 Å². The number of ketones is 1. The third kappa shape index (κ3) is 1.51. The lowest BCUT2D eigenvalue weighted by Gasteiger charge is -2.68. The Balaban J connectivity index is 1.85. The highest BCUT2D eigenvalue weighted by molar-refractivity contribution is 6.03. The molecule has 0 aromatic carbocycles. The fourth-order valence-corrected chi connectivity index (χ4v) is 7.63. The molecule has 0 radical (unpaired) electrons. The zero-order valence-corrected chi connectivity index (χ0v) is 15.3. The summed E-state index contributed by atoms with van der Waals surface area (Å²) in [4.78, 5) is 25.4. The van der Waals surface area contributed by atoms with Crippen LogP contribution in [0.5, 0.6) is 0 Å². The molecule has 4 aliphatic carbocycles. The second-order valence-electron chi connectivity index (χ2n) is 9.78. The number of hydrogen-bond donors (Lipinski definition) is 1. The molecule has 0 aromatic rings. The van der Waals surface area contributed by atoms with Gasteiger partial charge in [-0.15, -0.1) is 0 Å². The molecule has 0 saturated heterocycles. The van der Waals surface area contributed by atoms with Gasteiger partial charge in [-0.3, -0.25) is 9.59 Å². The van der Waals surface area contributed by atoms with E-state index in [0.717, 1.165) is 56.9 Å². The Hall–Kier alpha value is -1.12. The summed E-state index contributed by atoms with van der Waals surface area (Å²) in [6.45, 7) is 10.6. The Labute approximate surface area is 144 Å². The highest BCUT2D eigenvalue weighted by Gasteiger charge is 2.72. The number of hydrogen-bond acceptors (Lipinski definition) is 2. The number of carbonyl (C=O) groups excluding carboxylic acids is 1. The summed E-state index contributed by atoms with van der Waals surface area (Å²) in [5.74, 6) is 0.380. The number of carboxylic acids is 1. The Bertz CT molecular complexity index is 651. The predicted octanol–water partition coefficient (Wildman–Crippen LogP) is 4.61. The number of carbonyl (C=O) groups is 2. The van der Waals surface area contributed by atoms with Crippen LogP contribution in [0.2, 0.25) is 0 Å². The van der Waals surface area contributed by atoms with Crippen LogP contribution in [0, 0.1) is 33.5 Å². The number of Topliss-reactive ketones (excluding diaryl/α,β-unsaturated/α-hetero) is 1. The van der Waals surface area contributed by atoms with E-state index in [2.05, 4.69) is 20.4 Å². The van der Waals surface area contributed by atoms with Crippen LogP contribution in [-0.4, -0.2) is 16.9 Å². The summed E-state index contributed by atoms with van der Waals surface area (Å²) in [7, 11) is 0. The first-order valence-electron chi connectivity index (χ1n) is 9.59. The van der Waals surface area contributed by atoms with Crippen molar-refractivity contribution in [1.82, 2.24) is 0 Å². The third-order valence-electron chi connectivity index (χ3n) is 9.48. The van der Waals surface area contributed by atoms with E-state index in [4.69, 9.17) is 0 Å². The molecule has 0 heterocycles. The van der Waals surface area contributed by atoms with Gasteiger partial charge in [0.2, 0.25) is 0 Å². The second kappa shape index (κ2) is 4.53. The summed E-state index contributed by atoms with van der Waals surface area (Å²) in [6.07, 6.45) is 7.60. The first-order chi connectivity index (χ1) is 11.1.